The van der Waals surface area contributed by atoms with Crippen molar-refractivity contribution < 1.29 is 28.3 Å². The minimum Gasteiger partial charge on any atom is -0.467 e. The highest BCUT2D eigenvalue weighted by atomic mass is 79.9. The van der Waals surface area contributed by atoms with Crippen LogP contribution < -0.4 is 10.6 Å². The number of hydrogen-bond acceptors (Lipinski definition) is 6. The second-order valence-corrected chi connectivity index (χ2v) is 6.66. The van der Waals surface area contributed by atoms with E-state index in [0.717, 1.165) is 4.47 Å². The van der Waals surface area contributed by atoms with Crippen LogP contribution in [-0.2, 0) is 14.3 Å². The number of ether oxygens (including phenoxy) is 2. The molecular weight excluding hydrogens is 432 g/mol. The van der Waals surface area contributed by atoms with Gasteiger partial charge in [0.2, 0.25) is 0 Å². The number of furan rings is 1. The Labute approximate surface area is 169 Å². The summed E-state index contributed by atoms with van der Waals surface area (Å²) in [6, 6.07) is 8.46. The van der Waals surface area contributed by atoms with Gasteiger partial charge in [0.25, 0.3) is 0 Å². The van der Waals surface area contributed by atoms with Gasteiger partial charge in [-0.2, -0.15) is 0 Å². The van der Waals surface area contributed by atoms with Crippen LogP contribution in [0.1, 0.15) is 29.1 Å². The predicted octanol–water partition coefficient (Wildman–Crippen LogP) is 3.07. The Morgan fingerprint density at radius 1 is 1.14 bits per heavy atom. The molecule has 8 nitrogen and oxygen atoms in total. The summed E-state index contributed by atoms with van der Waals surface area (Å²) in [5.41, 5.74) is 0.582. The zero-order chi connectivity index (χ0) is 20.1. The van der Waals surface area contributed by atoms with Crippen molar-refractivity contribution in [2.45, 2.75) is 13.0 Å². The normalized spacial score (nSPS) is 16.2. The fraction of sp³-hybridized carbons (Fsp3) is 0.211. The number of urea groups is 1. The largest absolute Gasteiger partial charge is 0.467 e. The van der Waals surface area contributed by atoms with Gasteiger partial charge in [-0.25, -0.2) is 14.4 Å². The van der Waals surface area contributed by atoms with Gasteiger partial charge in [0.1, 0.15) is 18.4 Å². The van der Waals surface area contributed by atoms with Gasteiger partial charge in [-0.05, 0) is 43.3 Å². The lowest BCUT2D eigenvalue weighted by Crippen LogP contribution is -2.47. The number of hydrogen-bond donors (Lipinski definition) is 2. The maximum absolute atomic E-state index is 12.5. The first-order valence-electron chi connectivity index (χ1n) is 8.43. The third-order valence-electron chi connectivity index (χ3n) is 3.90. The summed E-state index contributed by atoms with van der Waals surface area (Å²) < 4.78 is 16.6. The summed E-state index contributed by atoms with van der Waals surface area (Å²) >= 11 is 3.29. The Morgan fingerprint density at radius 3 is 2.54 bits per heavy atom. The maximum atomic E-state index is 12.5. The van der Waals surface area contributed by atoms with Crippen LogP contribution in [0.2, 0.25) is 0 Å². The first-order valence-corrected chi connectivity index (χ1v) is 9.22. The molecule has 0 spiro atoms. The zero-order valence-electron chi connectivity index (χ0n) is 14.9. The van der Waals surface area contributed by atoms with Crippen LogP contribution >= 0.6 is 15.9 Å². The molecule has 146 valence electrons. The topological polar surface area (TPSA) is 107 Å². The first kappa shape index (κ1) is 19.7. The molecule has 1 aliphatic heterocycles. The molecular formula is C19H17BrN2O6. The third kappa shape index (κ3) is 4.42. The van der Waals surface area contributed by atoms with Crippen molar-refractivity contribution in [1.82, 2.24) is 10.6 Å². The van der Waals surface area contributed by atoms with Crippen LogP contribution in [0, 0.1) is 0 Å². The number of carbonyl (C=O) groups excluding carboxylic acids is 3. The standard InChI is InChI=1S/C19H17BrN2O6/c1-2-26-18(24)15-13(10-28-17(23)11-5-7-12(20)8-6-11)21-19(25)22-16(15)14-4-3-9-27-14/h3-9,16H,2,10H2,1H3,(H2,21,22,25). The molecule has 9 heteroatoms. The van der Waals surface area contributed by atoms with E-state index in [1.165, 1.54) is 6.26 Å². The molecule has 2 heterocycles. The summed E-state index contributed by atoms with van der Waals surface area (Å²) in [4.78, 5) is 36.8. The van der Waals surface area contributed by atoms with Crippen molar-refractivity contribution >= 4 is 33.9 Å². The van der Waals surface area contributed by atoms with Crippen molar-refractivity contribution in [2.75, 3.05) is 13.2 Å². The highest BCUT2D eigenvalue weighted by Crippen LogP contribution is 2.28. The lowest BCUT2D eigenvalue weighted by Gasteiger charge is -2.27. The molecule has 1 aromatic carbocycles. The van der Waals surface area contributed by atoms with E-state index in [2.05, 4.69) is 26.6 Å². The van der Waals surface area contributed by atoms with Gasteiger partial charge in [0, 0.05) is 4.47 Å². The maximum Gasteiger partial charge on any atom is 0.338 e. The van der Waals surface area contributed by atoms with E-state index in [-0.39, 0.29) is 24.5 Å². The number of amides is 2. The summed E-state index contributed by atoms with van der Waals surface area (Å²) in [5.74, 6) is -0.883. The van der Waals surface area contributed by atoms with E-state index in [1.807, 2.05) is 0 Å². The highest BCUT2D eigenvalue weighted by molar-refractivity contribution is 9.10. The van der Waals surface area contributed by atoms with Gasteiger partial charge in [0.05, 0.1) is 29.7 Å². The lowest BCUT2D eigenvalue weighted by molar-refractivity contribution is -0.139. The monoisotopic (exact) mass is 448 g/mol. The minimum atomic E-state index is -0.857. The van der Waals surface area contributed by atoms with Gasteiger partial charge in [0.15, 0.2) is 0 Å². The van der Waals surface area contributed by atoms with Crippen molar-refractivity contribution in [3.8, 4) is 0 Å². The second-order valence-electron chi connectivity index (χ2n) is 5.74. The van der Waals surface area contributed by atoms with Crippen LogP contribution in [-0.4, -0.2) is 31.2 Å². The predicted molar refractivity (Wildman–Crippen MR) is 101 cm³/mol. The SMILES string of the molecule is CCOC(=O)C1=C(COC(=O)c2ccc(Br)cc2)NC(=O)NC1c1ccco1. The number of carbonyl (C=O) groups is 3. The van der Waals surface area contributed by atoms with Crippen molar-refractivity contribution in [1.29, 1.82) is 0 Å². The number of halogens is 1. The van der Waals surface area contributed by atoms with E-state index < -0.39 is 24.0 Å². The Hall–Kier alpha value is -3.07. The molecule has 2 amide bonds. The Morgan fingerprint density at radius 2 is 1.89 bits per heavy atom. The Balaban J connectivity index is 1.87. The lowest BCUT2D eigenvalue weighted by atomic mass is 10.0. The van der Waals surface area contributed by atoms with E-state index in [1.54, 1.807) is 43.3 Å². The van der Waals surface area contributed by atoms with Gasteiger partial charge in [-0.3, -0.25) is 0 Å². The third-order valence-corrected chi connectivity index (χ3v) is 4.43. The Bertz CT molecular complexity index is 905. The molecule has 2 aromatic rings. The fourth-order valence-electron chi connectivity index (χ4n) is 2.66. The van der Waals surface area contributed by atoms with Crippen molar-refractivity contribution in [3.05, 3.63) is 69.7 Å². The van der Waals surface area contributed by atoms with Crippen LogP contribution in [0.5, 0.6) is 0 Å². The summed E-state index contributed by atoms with van der Waals surface area (Å²) in [5, 5.41) is 5.13. The Kier molecular flexibility index (Phi) is 6.15. The van der Waals surface area contributed by atoms with Gasteiger partial charge < -0.3 is 24.5 Å². The average Bonchev–Trinajstić information content (AvgIpc) is 3.21. The molecule has 3 rings (SSSR count). The molecule has 0 radical (unpaired) electrons. The summed E-state index contributed by atoms with van der Waals surface area (Å²) in [6.07, 6.45) is 1.43. The van der Waals surface area contributed by atoms with Crippen molar-refractivity contribution in [3.63, 3.8) is 0 Å². The van der Waals surface area contributed by atoms with Crippen LogP contribution in [0.15, 0.2) is 62.8 Å². The number of rotatable bonds is 6. The van der Waals surface area contributed by atoms with Crippen LogP contribution in [0.4, 0.5) is 4.79 Å². The van der Waals surface area contributed by atoms with Crippen LogP contribution in [0.3, 0.4) is 0 Å². The first-order chi connectivity index (χ1) is 13.5. The molecule has 0 fully saturated rings. The number of nitrogens with one attached hydrogen (secondary N) is 2. The molecule has 1 atom stereocenters. The number of benzene rings is 1. The van der Waals surface area contributed by atoms with Gasteiger partial charge in [-0.15, -0.1) is 0 Å². The fourth-order valence-corrected chi connectivity index (χ4v) is 2.92. The van der Waals surface area contributed by atoms with Gasteiger partial charge in [-0.1, -0.05) is 15.9 Å². The van der Waals surface area contributed by atoms with E-state index in [9.17, 15) is 14.4 Å². The second kappa shape index (κ2) is 8.75. The average molecular weight is 449 g/mol. The zero-order valence-corrected chi connectivity index (χ0v) is 16.4. The van der Waals surface area contributed by atoms with E-state index >= 15 is 0 Å². The van der Waals surface area contributed by atoms with E-state index in [4.69, 9.17) is 13.9 Å². The molecule has 0 saturated heterocycles. The van der Waals surface area contributed by atoms with Crippen LogP contribution in [0.25, 0.3) is 0 Å². The molecule has 0 aliphatic carbocycles. The molecule has 1 aromatic heterocycles. The molecule has 1 unspecified atom stereocenters. The minimum absolute atomic E-state index is 0.111. The molecule has 0 bridgehead atoms. The van der Waals surface area contributed by atoms with Gasteiger partial charge >= 0.3 is 18.0 Å². The number of esters is 2. The highest BCUT2D eigenvalue weighted by Gasteiger charge is 2.35. The summed E-state index contributed by atoms with van der Waals surface area (Å²) in [6.45, 7) is 1.50. The quantitative estimate of drug-likeness (QED) is 0.657. The smallest absolute Gasteiger partial charge is 0.338 e. The molecule has 0 saturated carbocycles. The van der Waals surface area contributed by atoms with E-state index in [0.29, 0.717) is 11.3 Å². The molecule has 1 aliphatic rings. The molecule has 28 heavy (non-hydrogen) atoms. The molecule has 2 N–H and O–H groups in total. The van der Waals surface area contributed by atoms with Crippen molar-refractivity contribution in [2.24, 2.45) is 0 Å². The summed E-state index contributed by atoms with van der Waals surface area (Å²) in [7, 11) is 0.